The van der Waals surface area contributed by atoms with Crippen LogP contribution < -0.4 is 10.6 Å². The van der Waals surface area contributed by atoms with E-state index in [1.165, 1.54) is 29.7 Å². The minimum Gasteiger partial charge on any atom is -0.459 e. The SMILES string of the molecule is O=C(NC(c1ccc(F)cc1)c1cccs1)c1cccc(NC(=O)c2ccco2)c1. The lowest BCUT2D eigenvalue weighted by Crippen LogP contribution is -2.29. The first-order valence-electron chi connectivity index (χ1n) is 9.15. The molecule has 0 spiro atoms. The summed E-state index contributed by atoms with van der Waals surface area (Å²) in [7, 11) is 0. The van der Waals surface area contributed by atoms with Crippen molar-refractivity contribution in [1.29, 1.82) is 0 Å². The van der Waals surface area contributed by atoms with Crippen molar-refractivity contribution in [3.05, 3.63) is 112 Å². The number of thiophene rings is 1. The molecule has 0 fully saturated rings. The molecular formula is C23H17FN2O3S. The third-order valence-corrected chi connectivity index (χ3v) is 5.37. The fourth-order valence-corrected chi connectivity index (χ4v) is 3.79. The molecule has 0 bridgehead atoms. The summed E-state index contributed by atoms with van der Waals surface area (Å²) >= 11 is 1.50. The number of furan rings is 1. The molecule has 30 heavy (non-hydrogen) atoms. The number of hydrogen-bond acceptors (Lipinski definition) is 4. The van der Waals surface area contributed by atoms with Gasteiger partial charge in [-0.15, -0.1) is 11.3 Å². The van der Waals surface area contributed by atoms with E-state index in [1.54, 1.807) is 48.5 Å². The number of rotatable bonds is 6. The van der Waals surface area contributed by atoms with E-state index in [0.717, 1.165) is 10.4 Å². The fourth-order valence-electron chi connectivity index (χ4n) is 2.98. The molecule has 4 aromatic rings. The van der Waals surface area contributed by atoms with Crippen LogP contribution in [0.2, 0.25) is 0 Å². The summed E-state index contributed by atoms with van der Waals surface area (Å²) in [6.07, 6.45) is 1.42. The van der Waals surface area contributed by atoms with Gasteiger partial charge in [0.2, 0.25) is 0 Å². The number of nitrogens with one attached hydrogen (secondary N) is 2. The lowest BCUT2D eigenvalue weighted by atomic mass is 10.0. The van der Waals surface area contributed by atoms with Crippen LogP contribution in [0.4, 0.5) is 10.1 Å². The van der Waals surface area contributed by atoms with Crippen molar-refractivity contribution in [2.75, 3.05) is 5.32 Å². The average Bonchev–Trinajstić information content (AvgIpc) is 3.47. The zero-order chi connectivity index (χ0) is 20.9. The van der Waals surface area contributed by atoms with E-state index in [2.05, 4.69) is 10.6 Å². The number of carbonyl (C=O) groups excluding carboxylic acids is 2. The van der Waals surface area contributed by atoms with Gasteiger partial charge in [0.15, 0.2) is 5.76 Å². The molecular weight excluding hydrogens is 403 g/mol. The minimum atomic E-state index is -0.417. The number of benzene rings is 2. The lowest BCUT2D eigenvalue weighted by molar-refractivity contribution is 0.0941. The molecule has 0 aliphatic rings. The van der Waals surface area contributed by atoms with Crippen LogP contribution in [0.3, 0.4) is 0 Å². The van der Waals surface area contributed by atoms with E-state index in [-0.39, 0.29) is 17.5 Å². The average molecular weight is 420 g/mol. The lowest BCUT2D eigenvalue weighted by Gasteiger charge is -2.18. The van der Waals surface area contributed by atoms with E-state index in [1.807, 2.05) is 17.5 Å². The van der Waals surface area contributed by atoms with Crippen LogP contribution in [0.5, 0.6) is 0 Å². The van der Waals surface area contributed by atoms with Gasteiger partial charge in [-0.05, 0) is 59.5 Å². The highest BCUT2D eigenvalue weighted by atomic mass is 32.1. The van der Waals surface area contributed by atoms with Crippen molar-refractivity contribution in [3.63, 3.8) is 0 Å². The van der Waals surface area contributed by atoms with Gasteiger partial charge in [-0.1, -0.05) is 24.3 Å². The highest BCUT2D eigenvalue weighted by molar-refractivity contribution is 7.10. The van der Waals surface area contributed by atoms with Gasteiger partial charge >= 0.3 is 0 Å². The molecule has 4 rings (SSSR count). The number of hydrogen-bond donors (Lipinski definition) is 2. The van der Waals surface area contributed by atoms with Gasteiger partial charge in [-0.3, -0.25) is 9.59 Å². The van der Waals surface area contributed by atoms with Crippen LogP contribution in [-0.4, -0.2) is 11.8 Å². The maximum absolute atomic E-state index is 13.3. The van der Waals surface area contributed by atoms with Crippen LogP contribution in [0.1, 0.15) is 37.4 Å². The molecule has 0 aliphatic heterocycles. The Kier molecular flexibility index (Phi) is 5.72. The second kappa shape index (κ2) is 8.75. The summed E-state index contributed by atoms with van der Waals surface area (Å²) in [6.45, 7) is 0. The normalized spacial score (nSPS) is 11.6. The topological polar surface area (TPSA) is 71.3 Å². The monoisotopic (exact) mass is 420 g/mol. The van der Waals surface area contributed by atoms with Crippen molar-refractivity contribution in [1.82, 2.24) is 5.32 Å². The molecule has 5 nitrogen and oxygen atoms in total. The zero-order valence-corrected chi connectivity index (χ0v) is 16.5. The number of amides is 2. The first-order valence-corrected chi connectivity index (χ1v) is 10.0. The molecule has 2 N–H and O–H groups in total. The van der Waals surface area contributed by atoms with Crippen LogP contribution in [0, 0.1) is 5.82 Å². The number of halogens is 1. The molecule has 0 aliphatic carbocycles. The van der Waals surface area contributed by atoms with Crippen LogP contribution in [0.25, 0.3) is 0 Å². The standard InChI is InChI=1S/C23H17FN2O3S/c24-17-10-8-15(9-11-17)21(20-7-3-13-30-20)26-22(27)16-4-1-5-18(14-16)25-23(28)19-6-2-12-29-19/h1-14,21H,(H,25,28)(H,26,27). The Hall–Kier alpha value is -3.71. The number of anilines is 1. The third kappa shape index (κ3) is 4.47. The summed E-state index contributed by atoms with van der Waals surface area (Å²) in [5.74, 6) is -0.874. The summed E-state index contributed by atoms with van der Waals surface area (Å²) in [5.41, 5.74) is 1.63. The third-order valence-electron chi connectivity index (χ3n) is 4.43. The van der Waals surface area contributed by atoms with E-state index in [9.17, 15) is 14.0 Å². The second-order valence-electron chi connectivity index (χ2n) is 6.49. The molecule has 2 aromatic carbocycles. The predicted molar refractivity (Wildman–Crippen MR) is 113 cm³/mol. The van der Waals surface area contributed by atoms with Crippen molar-refractivity contribution < 1.29 is 18.4 Å². The maximum atomic E-state index is 13.3. The Morgan fingerprint density at radius 1 is 0.933 bits per heavy atom. The van der Waals surface area contributed by atoms with E-state index >= 15 is 0 Å². The van der Waals surface area contributed by atoms with Gasteiger partial charge in [0.05, 0.1) is 12.3 Å². The second-order valence-corrected chi connectivity index (χ2v) is 7.46. The van der Waals surface area contributed by atoms with Crippen LogP contribution in [-0.2, 0) is 0 Å². The molecule has 150 valence electrons. The van der Waals surface area contributed by atoms with Gasteiger partial charge in [-0.2, -0.15) is 0 Å². The van der Waals surface area contributed by atoms with E-state index < -0.39 is 11.9 Å². The molecule has 0 radical (unpaired) electrons. The quantitative estimate of drug-likeness (QED) is 0.447. The van der Waals surface area contributed by atoms with Gasteiger partial charge in [0, 0.05) is 16.1 Å². The van der Waals surface area contributed by atoms with Crippen molar-refractivity contribution >= 4 is 28.8 Å². The number of carbonyl (C=O) groups is 2. The Morgan fingerprint density at radius 2 is 1.77 bits per heavy atom. The molecule has 0 saturated heterocycles. The molecule has 2 amide bonds. The van der Waals surface area contributed by atoms with Gasteiger partial charge < -0.3 is 15.1 Å². The van der Waals surface area contributed by atoms with E-state index in [0.29, 0.717) is 11.3 Å². The Balaban J connectivity index is 1.54. The van der Waals surface area contributed by atoms with Gasteiger partial charge in [0.1, 0.15) is 5.82 Å². The highest BCUT2D eigenvalue weighted by Gasteiger charge is 2.19. The van der Waals surface area contributed by atoms with Crippen molar-refractivity contribution in [2.24, 2.45) is 0 Å². The molecule has 1 unspecified atom stereocenters. The molecule has 0 saturated carbocycles. The zero-order valence-electron chi connectivity index (χ0n) is 15.7. The predicted octanol–water partition coefficient (Wildman–Crippen LogP) is 5.25. The Labute approximate surface area is 176 Å². The van der Waals surface area contributed by atoms with Crippen molar-refractivity contribution in [2.45, 2.75) is 6.04 Å². The minimum absolute atomic E-state index is 0.180. The van der Waals surface area contributed by atoms with Gasteiger partial charge in [0.25, 0.3) is 11.8 Å². The fraction of sp³-hybridized carbons (Fsp3) is 0.0435. The van der Waals surface area contributed by atoms with Crippen LogP contribution in [0.15, 0.2) is 88.9 Å². The van der Waals surface area contributed by atoms with Crippen molar-refractivity contribution in [3.8, 4) is 0 Å². The summed E-state index contributed by atoms with van der Waals surface area (Å²) in [4.78, 5) is 26.0. The Morgan fingerprint density at radius 3 is 2.47 bits per heavy atom. The summed E-state index contributed by atoms with van der Waals surface area (Å²) < 4.78 is 18.4. The summed E-state index contributed by atoms with van der Waals surface area (Å²) in [5, 5.41) is 7.62. The highest BCUT2D eigenvalue weighted by Crippen LogP contribution is 2.27. The van der Waals surface area contributed by atoms with Gasteiger partial charge in [-0.25, -0.2) is 4.39 Å². The van der Waals surface area contributed by atoms with Crippen LogP contribution >= 0.6 is 11.3 Å². The molecule has 1 atom stereocenters. The molecule has 2 aromatic heterocycles. The smallest absolute Gasteiger partial charge is 0.291 e. The molecule has 7 heteroatoms. The summed E-state index contributed by atoms with van der Waals surface area (Å²) in [6, 6.07) is 19.2. The maximum Gasteiger partial charge on any atom is 0.291 e. The van der Waals surface area contributed by atoms with E-state index in [4.69, 9.17) is 4.42 Å². The largest absolute Gasteiger partial charge is 0.459 e. The first-order chi connectivity index (χ1) is 14.6. The Bertz CT molecular complexity index is 1140. The molecule has 2 heterocycles. The first kappa shape index (κ1) is 19.6.